The highest BCUT2D eigenvalue weighted by Crippen LogP contribution is 2.33. The molecule has 1 heterocycles. The fourth-order valence-electron chi connectivity index (χ4n) is 2.61. The smallest absolute Gasteiger partial charge is 0.262 e. The number of methoxy groups -OCH3 is 1. The van der Waals surface area contributed by atoms with Crippen molar-refractivity contribution in [3.05, 3.63) is 48.3 Å². The maximum atomic E-state index is 14.3. The Morgan fingerprint density at radius 2 is 1.92 bits per heavy atom. The minimum absolute atomic E-state index is 0.0574. The number of halogens is 3. The quantitative estimate of drug-likeness (QED) is 0.850. The number of carbonyl (C=O) groups is 1. The molecule has 8 heteroatoms. The van der Waals surface area contributed by atoms with Crippen molar-refractivity contribution in [3.8, 4) is 17.2 Å². The summed E-state index contributed by atoms with van der Waals surface area (Å²) >= 11 is 0. The first kappa shape index (κ1) is 18.1. The Bertz CT molecular complexity index is 814. The van der Waals surface area contributed by atoms with Gasteiger partial charge in [0.25, 0.3) is 5.92 Å². The molecule has 138 valence electrons. The molecule has 0 aliphatic carbocycles. The Labute approximate surface area is 148 Å². The number of hydrogen-bond donors (Lipinski definition) is 2. The second-order valence-electron chi connectivity index (χ2n) is 5.88. The summed E-state index contributed by atoms with van der Waals surface area (Å²) in [6.45, 7) is -0.550. The van der Waals surface area contributed by atoms with Gasteiger partial charge in [-0.15, -0.1) is 0 Å². The number of para-hydroxylation sites is 2. The number of rotatable bonds is 5. The Morgan fingerprint density at radius 3 is 2.54 bits per heavy atom. The van der Waals surface area contributed by atoms with Crippen LogP contribution in [0.2, 0.25) is 0 Å². The summed E-state index contributed by atoms with van der Waals surface area (Å²) in [4.78, 5) is 12.0. The van der Waals surface area contributed by atoms with Crippen LogP contribution in [-0.2, 0) is 4.79 Å². The average Bonchev–Trinajstić information content (AvgIpc) is 2.98. The summed E-state index contributed by atoms with van der Waals surface area (Å²) < 4.78 is 51.2. The molecular formula is C18H17F3N2O3. The molecule has 1 atom stereocenters. The number of benzene rings is 2. The lowest BCUT2D eigenvalue weighted by Gasteiger charge is -2.13. The van der Waals surface area contributed by atoms with Crippen LogP contribution in [0.3, 0.4) is 0 Å². The van der Waals surface area contributed by atoms with Crippen LogP contribution in [0, 0.1) is 5.82 Å². The number of alkyl halides is 2. The number of hydrogen-bond acceptors (Lipinski definition) is 4. The van der Waals surface area contributed by atoms with Crippen molar-refractivity contribution < 1.29 is 27.4 Å². The third kappa shape index (κ3) is 4.08. The van der Waals surface area contributed by atoms with Gasteiger partial charge in [0.05, 0.1) is 19.7 Å². The van der Waals surface area contributed by atoms with Crippen molar-refractivity contribution in [3.63, 3.8) is 0 Å². The van der Waals surface area contributed by atoms with E-state index in [2.05, 4.69) is 10.6 Å². The van der Waals surface area contributed by atoms with Crippen LogP contribution >= 0.6 is 0 Å². The molecule has 3 rings (SSSR count). The third-order valence-electron chi connectivity index (χ3n) is 3.91. The highest BCUT2D eigenvalue weighted by molar-refractivity contribution is 5.95. The van der Waals surface area contributed by atoms with Gasteiger partial charge < -0.3 is 14.8 Å². The molecule has 1 unspecified atom stereocenters. The van der Waals surface area contributed by atoms with Gasteiger partial charge in [-0.25, -0.2) is 13.2 Å². The van der Waals surface area contributed by atoms with E-state index in [-0.39, 0.29) is 11.4 Å². The van der Waals surface area contributed by atoms with E-state index >= 15 is 0 Å². The number of ether oxygens (including phenoxy) is 2. The molecule has 0 spiro atoms. The molecule has 2 aromatic carbocycles. The molecule has 0 saturated carbocycles. The zero-order chi connectivity index (χ0) is 18.7. The second kappa shape index (κ2) is 7.25. The van der Waals surface area contributed by atoms with Gasteiger partial charge in [0.1, 0.15) is 0 Å². The normalized spacial score (nSPS) is 18.4. The lowest BCUT2D eigenvalue weighted by atomic mass is 10.2. The number of anilines is 1. The summed E-state index contributed by atoms with van der Waals surface area (Å²) in [6, 6.07) is 9.59. The van der Waals surface area contributed by atoms with Gasteiger partial charge in [-0.1, -0.05) is 12.1 Å². The number of nitrogens with one attached hydrogen (secondary N) is 2. The first-order valence-corrected chi connectivity index (χ1v) is 7.90. The van der Waals surface area contributed by atoms with Gasteiger partial charge in [-0.3, -0.25) is 10.1 Å². The maximum Gasteiger partial charge on any atom is 0.262 e. The van der Waals surface area contributed by atoms with Crippen LogP contribution in [-0.4, -0.2) is 31.5 Å². The molecule has 0 bridgehead atoms. The van der Waals surface area contributed by atoms with Crippen LogP contribution in [0.15, 0.2) is 42.5 Å². The molecule has 2 aromatic rings. The molecule has 1 aliphatic rings. The number of amides is 1. The standard InChI is InChI=1S/C18H17F3N2O3/c1-25-15-4-2-3-5-16(15)26-14-7-6-11(8-12(14)19)23-17(24)13-9-18(20,21)10-22-13/h2-8,13,22H,9-10H2,1H3,(H,23,24). The highest BCUT2D eigenvalue weighted by Gasteiger charge is 2.42. The highest BCUT2D eigenvalue weighted by atomic mass is 19.3. The lowest BCUT2D eigenvalue weighted by Crippen LogP contribution is -2.35. The first-order chi connectivity index (χ1) is 12.4. The second-order valence-corrected chi connectivity index (χ2v) is 5.88. The van der Waals surface area contributed by atoms with E-state index in [9.17, 15) is 18.0 Å². The van der Waals surface area contributed by atoms with E-state index in [1.165, 1.54) is 19.2 Å². The van der Waals surface area contributed by atoms with Crippen molar-refractivity contribution in [1.29, 1.82) is 0 Å². The minimum Gasteiger partial charge on any atom is -0.493 e. The molecule has 0 radical (unpaired) electrons. The predicted molar refractivity (Wildman–Crippen MR) is 89.5 cm³/mol. The largest absolute Gasteiger partial charge is 0.493 e. The Morgan fingerprint density at radius 1 is 1.19 bits per heavy atom. The molecule has 26 heavy (non-hydrogen) atoms. The van der Waals surface area contributed by atoms with E-state index in [0.29, 0.717) is 11.5 Å². The zero-order valence-corrected chi connectivity index (χ0v) is 13.9. The van der Waals surface area contributed by atoms with Gasteiger partial charge >= 0.3 is 0 Å². The van der Waals surface area contributed by atoms with Crippen molar-refractivity contribution in [2.75, 3.05) is 19.0 Å². The average molecular weight is 366 g/mol. The topological polar surface area (TPSA) is 59.6 Å². The SMILES string of the molecule is COc1ccccc1Oc1ccc(NC(=O)C2CC(F)(F)CN2)cc1F. The number of carbonyl (C=O) groups excluding carboxylic acids is 1. The van der Waals surface area contributed by atoms with Crippen molar-refractivity contribution in [1.82, 2.24) is 5.32 Å². The summed E-state index contributed by atoms with van der Waals surface area (Å²) in [5, 5.41) is 4.86. The minimum atomic E-state index is -2.92. The summed E-state index contributed by atoms with van der Waals surface area (Å²) in [5.74, 6) is -3.54. The van der Waals surface area contributed by atoms with E-state index in [0.717, 1.165) is 6.07 Å². The van der Waals surface area contributed by atoms with Gasteiger partial charge in [0.2, 0.25) is 5.91 Å². The van der Waals surface area contributed by atoms with Crippen LogP contribution < -0.4 is 20.1 Å². The zero-order valence-electron chi connectivity index (χ0n) is 13.9. The Hall–Kier alpha value is -2.74. The molecule has 1 fully saturated rings. The van der Waals surface area contributed by atoms with Gasteiger partial charge in [-0.05, 0) is 24.3 Å². The molecule has 1 saturated heterocycles. The van der Waals surface area contributed by atoms with E-state index in [4.69, 9.17) is 9.47 Å². The molecular weight excluding hydrogens is 349 g/mol. The fourth-order valence-corrected chi connectivity index (χ4v) is 2.61. The van der Waals surface area contributed by atoms with Gasteiger partial charge in [-0.2, -0.15) is 0 Å². The maximum absolute atomic E-state index is 14.3. The predicted octanol–water partition coefficient (Wildman–Crippen LogP) is 3.56. The first-order valence-electron chi connectivity index (χ1n) is 7.90. The molecule has 0 aromatic heterocycles. The van der Waals surface area contributed by atoms with E-state index in [1.807, 2.05) is 0 Å². The molecule has 1 aliphatic heterocycles. The Kier molecular flexibility index (Phi) is 5.03. The lowest BCUT2D eigenvalue weighted by molar-refractivity contribution is -0.118. The third-order valence-corrected chi connectivity index (χ3v) is 3.91. The van der Waals surface area contributed by atoms with Crippen molar-refractivity contribution in [2.45, 2.75) is 18.4 Å². The summed E-state index contributed by atoms with van der Waals surface area (Å²) in [6.07, 6.45) is -0.587. The van der Waals surface area contributed by atoms with Crippen molar-refractivity contribution >= 4 is 11.6 Å². The van der Waals surface area contributed by atoms with E-state index < -0.39 is 36.7 Å². The molecule has 5 nitrogen and oxygen atoms in total. The van der Waals surface area contributed by atoms with Gasteiger partial charge in [0, 0.05) is 18.2 Å². The Balaban J connectivity index is 1.69. The van der Waals surface area contributed by atoms with Crippen LogP contribution in [0.5, 0.6) is 17.2 Å². The fraction of sp³-hybridized carbons (Fsp3) is 0.278. The van der Waals surface area contributed by atoms with Crippen molar-refractivity contribution in [2.24, 2.45) is 0 Å². The molecule has 2 N–H and O–H groups in total. The summed E-state index contributed by atoms with van der Waals surface area (Å²) in [5.41, 5.74) is 0.150. The van der Waals surface area contributed by atoms with Crippen LogP contribution in [0.4, 0.5) is 18.9 Å². The van der Waals surface area contributed by atoms with Crippen LogP contribution in [0.1, 0.15) is 6.42 Å². The van der Waals surface area contributed by atoms with E-state index in [1.54, 1.807) is 24.3 Å². The summed E-state index contributed by atoms with van der Waals surface area (Å²) in [7, 11) is 1.47. The monoisotopic (exact) mass is 366 g/mol. The molecule has 1 amide bonds. The van der Waals surface area contributed by atoms with Gasteiger partial charge in [0.15, 0.2) is 23.1 Å². The van der Waals surface area contributed by atoms with Crippen LogP contribution in [0.25, 0.3) is 0 Å².